The number of aryl methyl sites for hydroxylation is 1. The molecule has 2 nitrogen and oxygen atoms in total. The van der Waals surface area contributed by atoms with Crippen LogP contribution in [0.1, 0.15) is 50.2 Å². The Hall–Kier alpha value is -0.860. The van der Waals surface area contributed by atoms with Crippen LogP contribution in [0.15, 0.2) is 24.3 Å². The largest absolute Gasteiger partial charge is 0.389 e. The first-order valence-corrected chi connectivity index (χ1v) is 7.13. The van der Waals surface area contributed by atoms with Crippen LogP contribution in [0.3, 0.4) is 0 Å². The summed E-state index contributed by atoms with van der Waals surface area (Å²) in [5, 5.41) is 13.4. The molecular weight excluding hydrogens is 222 g/mol. The van der Waals surface area contributed by atoms with Crippen molar-refractivity contribution in [2.24, 2.45) is 0 Å². The Balaban J connectivity index is 1.92. The minimum atomic E-state index is -0.575. The summed E-state index contributed by atoms with van der Waals surface area (Å²) in [5.41, 5.74) is 2.44. The summed E-state index contributed by atoms with van der Waals surface area (Å²) in [6.45, 7) is 5.59. The van der Waals surface area contributed by atoms with Crippen molar-refractivity contribution in [3.8, 4) is 0 Å². The topological polar surface area (TPSA) is 32.3 Å². The average Bonchev–Trinajstić information content (AvgIpc) is 2.39. The third-order valence-electron chi connectivity index (χ3n) is 4.15. The SMILES string of the molecule is CCC(C)(O)CNCC1CCCc2ccccc21. The Kier molecular flexibility index (Phi) is 4.41. The van der Waals surface area contributed by atoms with E-state index >= 15 is 0 Å². The monoisotopic (exact) mass is 247 g/mol. The van der Waals surface area contributed by atoms with Gasteiger partial charge in [0.05, 0.1) is 5.60 Å². The van der Waals surface area contributed by atoms with Gasteiger partial charge in [-0.05, 0) is 49.7 Å². The normalized spacial score (nSPS) is 22.3. The second kappa shape index (κ2) is 5.85. The Morgan fingerprint density at radius 2 is 2.17 bits per heavy atom. The van der Waals surface area contributed by atoms with Crippen molar-refractivity contribution in [2.75, 3.05) is 13.1 Å². The number of rotatable bonds is 5. The first-order valence-electron chi connectivity index (χ1n) is 7.13. The van der Waals surface area contributed by atoms with Crippen molar-refractivity contribution in [3.05, 3.63) is 35.4 Å². The van der Waals surface area contributed by atoms with Crippen LogP contribution in [0, 0.1) is 0 Å². The van der Waals surface area contributed by atoms with Crippen molar-refractivity contribution < 1.29 is 5.11 Å². The lowest BCUT2D eigenvalue weighted by Crippen LogP contribution is -2.39. The van der Waals surface area contributed by atoms with Crippen molar-refractivity contribution >= 4 is 0 Å². The van der Waals surface area contributed by atoms with E-state index in [4.69, 9.17) is 0 Å². The number of nitrogens with one attached hydrogen (secondary N) is 1. The van der Waals surface area contributed by atoms with Gasteiger partial charge in [-0.15, -0.1) is 0 Å². The maximum absolute atomic E-state index is 9.99. The molecule has 18 heavy (non-hydrogen) atoms. The van der Waals surface area contributed by atoms with E-state index in [2.05, 4.69) is 29.6 Å². The van der Waals surface area contributed by atoms with Gasteiger partial charge in [0.25, 0.3) is 0 Å². The second-order valence-corrected chi connectivity index (χ2v) is 5.77. The molecule has 1 aliphatic rings. The number of aliphatic hydroxyl groups is 1. The molecule has 2 N–H and O–H groups in total. The smallest absolute Gasteiger partial charge is 0.0740 e. The van der Waals surface area contributed by atoms with Crippen molar-refractivity contribution in [1.29, 1.82) is 0 Å². The van der Waals surface area contributed by atoms with Crippen LogP contribution in [0.5, 0.6) is 0 Å². The minimum Gasteiger partial charge on any atom is -0.389 e. The third-order valence-corrected chi connectivity index (χ3v) is 4.15. The highest BCUT2D eigenvalue weighted by molar-refractivity contribution is 5.32. The molecule has 1 aromatic rings. The van der Waals surface area contributed by atoms with E-state index in [0.29, 0.717) is 12.5 Å². The Morgan fingerprint density at radius 3 is 2.94 bits per heavy atom. The highest BCUT2D eigenvalue weighted by Crippen LogP contribution is 2.30. The molecule has 0 bridgehead atoms. The highest BCUT2D eigenvalue weighted by atomic mass is 16.3. The van der Waals surface area contributed by atoms with E-state index in [-0.39, 0.29) is 0 Å². The van der Waals surface area contributed by atoms with E-state index in [0.717, 1.165) is 13.0 Å². The van der Waals surface area contributed by atoms with Crippen molar-refractivity contribution in [3.63, 3.8) is 0 Å². The Bertz CT molecular complexity index is 386. The zero-order chi connectivity index (χ0) is 13.0. The molecular formula is C16H25NO. The van der Waals surface area contributed by atoms with Gasteiger partial charge < -0.3 is 10.4 Å². The lowest BCUT2D eigenvalue weighted by atomic mass is 9.83. The number of hydrogen-bond donors (Lipinski definition) is 2. The zero-order valence-corrected chi connectivity index (χ0v) is 11.6. The van der Waals surface area contributed by atoms with Crippen LogP contribution in [0.2, 0.25) is 0 Å². The van der Waals surface area contributed by atoms with E-state index < -0.39 is 5.60 Å². The zero-order valence-electron chi connectivity index (χ0n) is 11.6. The molecule has 0 fully saturated rings. The molecule has 0 radical (unpaired) electrons. The molecule has 0 aromatic heterocycles. The minimum absolute atomic E-state index is 0.575. The fourth-order valence-corrected chi connectivity index (χ4v) is 2.71. The lowest BCUT2D eigenvalue weighted by Gasteiger charge is -2.28. The molecule has 2 unspecified atom stereocenters. The average molecular weight is 247 g/mol. The van der Waals surface area contributed by atoms with Gasteiger partial charge in [-0.2, -0.15) is 0 Å². The van der Waals surface area contributed by atoms with Crippen LogP contribution in [0.25, 0.3) is 0 Å². The van der Waals surface area contributed by atoms with Gasteiger partial charge in [-0.1, -0.05) is 31.2 Å². The highest BCUT2D eigenvalue weighted by Gasteiger charge is 2.21. The predicted octanol–water partition coefficient (Wildman–Crippen LogP) is 2.86. The maximum atomic E-state index is 9.99. The summed E-state index contributed by atoms with van der Waals surface area (Å²) in [6, 6.07) is 8.79. The molecule has 2 atom stereocenters. The van der Waals surface area contributed by atoms with Crippen LogP contribution in [-0.4, -0.2) is 23.8 Å². The van der Waals surface area contributed by atoms with E-state index in [9.17, 15) is 5.11 Å². The van der Waals surface area contributed by atoms with Gasteiger partial charge in [0, 0.05) is 13.1 Å². The van der Waals surface area contributed by atoms with E-state index in [1.165, 1.54) is 30.4 Å². The summed E-state index contributed by atoms with van der Waals surface area (Å²) in [4.78, 5) is 0. The summed E-state index contributed by atoms with van der Waals surface area (Å²) in [7, 11) is 0. The summed E-state index contributed by atoms with van der Waals surface area (Å²) in [5.74, 6) is 0.614. The molecule has 2 heteroatoms. The van der Waals surface area contributed by atoms with Gasteiger partial charge in [0.2, 0.25) is 0 Å². The molecule has 0 aliphatic heterocycles. The molecule has 1 aliphatic carbocycles. The fourth-order valence-electron chi connectivity index (χ4n) is 2.71. The van der Waals surface area contributed by atoms with Gasteiger partial charge in [-0.25, -0.2) is 0 Å². The van der Waals surface area contributed by atoms with E-state index in [1.807, 2.05) is 13.8 Å². The molecule has 100 valence electrons. The Morgan fingerprint density at radius 1 is 1.39 bits per heavy atom. The quantitative estimate of drug-likeness (QED) is 0.838. The lowest BCUT2D eigenvalue weighted by molar-refractivity contribution is 0.0555. The van der Waals surface area contributed by atoms with Crippen LogP contribution in [0.4, 0.5) is 0 Å². The van der Waals surface area contributed by atoms with Gasteiger partial charge in [0.1, 0.15) is 0 Å². The number of hydrogen-bond acceptors (Lipinski definition) is 2. The summed E-state index contributed by atoms with van der Waals surface area (Å²) in [6.07, 6.45) is 4.56. The number of fused-ring (bicyclic) bond motifs is 1. The molecule has 0 spiro atoms. The summed E-state index contributed by atoms with van der Waals surface area (Å²) < 4.78 is 0. The van der Waals surface area contributed by atoms with Gasteiger partial charge >= 0.3 is 0 Å². The summed E-state index contributed by atoms with van der Waals surface area (Å²) >= 11 is 0. The van der Waals surface area contributed by atoms with E-state index in [1.54, 1.807) is 0 Å². The molecule has 0 heterocycles. The first-order chi connectivity index (χ1) is 8.62. The Labute approximate surface area is 110 Å². The van der Waals surface area contributed by atoms with Crippen molar-refractivity contribution in [1.82, 2.24) is 5.32 Å². The first kappa shape index (κ1) is 13.6. The van der Waals surface area contributed by atoms with Crippen LogP contribution >= 0.6 is 0 Å². The van der Waals surface area contributed by atoms with Crippen molar-refractivity contribution in [2.45, 2.75) is 51.0 Å². The fraction of sp³-hybridized carbons (Fsp3) is 0.625. The maximum Gasteiger partial charge on any atom is 0.0740 e. The molecule has 0 amide bonds. The van der Waals surface area contributed by atoms with Gasteiger partial charge in [0.15, 0.2) is 0 Å². The van der Waals surface area contributed by atoms with Gasteiger partial charge in [-0.3, -0.25) is 0 Å². The molecule has 2 rings (SSSR count). The standard InChI is InChI=1S/C16H25NO/c1-3-16(2,18)12-17-11-14-9-6-8-13-7-4-5-10-15(13)14/h4-5,7,10,14,17-18H,3,6,8-9,11-12H2,1-2H3. The van der Waals surface area contributed by atoms with Crippen LogP contribution < -0.4 is 5.32 Å². The van der Waals surface area contributed by atoms with Crippen LogP contribution in [-0.2, 0) is 6.42 Å². The molecule has 0 saturated carbocycles. The second-order valence-electron chi connectivity index (χ2n) is 5.77. The molecule has 0 saturated heterocycles. The predicted molar refractivity (Wildman–Crippen MR) is 75.9 cm³/mol. The molecule has 1 aromatic carbocycles. The number of benzene rings is 1. The third kappa shape index (κ3) is 3.33.